The number of hydrogen-bond acceptors (Lipinski definition) is 6. The predicted molar refractivity (Wildman–Crippen MR) is 101 cm³/mol. The number of hydrogen-bond donors (Lipinski definition) is 6. The standard InChI is InChI=1S/C7H14O2.C6H8O7.C5H10O2/c1-2-3-4-5-6-7(8)9;7-3(8)1-6(13,5(11)12)2-4(9)10;1-2-3-4-5(6)7/h2-6H2,1H3,(H,8,9);13H,1-2H2,(H,7,8)(H,9,10)(H,11,12);2-4H2,1H3,(H,6,7). The SMILES string of the molecule is CCCCC(=O)O.CCCCCCC(=O)O.O=C(O)CC(O)(CC(=O)O)C(=O)O. The fourth-order valence-electron chi connectivity index (χ4n) is 1.75. The Kier molecular flexibility index (Phi) is 20.0. The molecule has 6 N–H and O–H groups in total. The van der Waals surface area contributed by atoms with Crippen LogP contribution in [0, 0.1) is 0 Å². The van der Waals surface area contributed by atoms with E-state index in [0.29, 0.717) is 12.8 Å². The summed E-state index contributed by atoms with van der Waals surface area (Å²) in [6, 6.07) is 0. The van der Waals surface area contributed by atoms with Crippen molar-refractivity contribution in [3.63, 3.8) is 0 Å². The van der Waals surface area contributed by atoms with Crippen molar-refractivity contribution in [3.8, 4) is 0 Å². The fraction of sp³-hybridized carbons (Fsp3) is 0.722. The Balaban J connectivity index is -0.000000370. The molecule has 0 rings (SSSR count). The molecular formula is C18H32O11. The van der Waals surface area contributed by atoms with Gasteiger partial charge in [0.15, 0.2) is 5.60 Å². The van der Waals surface area contributed by atoms with Gasteiger partial charge in [0.1, 0.15) is 0 Å². The number of carboxylic acid groups (broad SMARTS) is 5. The van der Waals surface area contributed by atoms with Gasteiger partial charge in [0.25, 0.3) is 0 Å². The third kappa shape index (κ3) is 25.3. The third-order valence-corrected chi connectivity index (χ3v) is 3.27. The van der Waals surface area contributed by atoms with Crippen LogP contribution < -0.4 is 0 Å². The number of aliphatic hydroxyl groups is 1. The van der Waals surface area contributed by atoms with Gasteiger partial charge < -0.3 is 30.6 Å². The summed E-state index contributed by atoms with van der Waals surface area (Å²) < 4.78 is 0. The zero-order valence-electron chi connectivity index (χ0n) is 16.8. The fourth-order valence-corrected chi connectivity index (χ4v) is 1.75. The van der Waals surface area contributed by atoms with E-state index in [1.165, 1.54) is 6.42 Å². The first kappa shape index (κ1) is 31.0. The highest BCUT2D eigenvalue weighted by Crippen LogP contribution is 2.15. The molecule has 11 heteroatoms. The number of rotatable bonds is 13. The molecule has 0 aromatic rings. The quantitative estimate of drug-likeness (QED) is 0.236. The van der Waals surface area contributed by atoms with Crippen LogP contribution in [0.5, 0.6) is 0 Å². The molecule has 0 amide bonds. The lowest BCUT2D eigenvalue weighted by Crippen LogP contribution is -2.42. The minimum Gasteiger partial charge on any atom is -0.481 e. The first-order chi connectivity index (χ1) is 13.3. The molecule has 0 aliphatic carbocycles. The Morgan fingerprint density at radius 3 is 1.21 bits per heavy atom. The highest BCUT2D eigenvalue weighted by Gasteiger charge is 2.40. The van der Waals surface area contributed by atoms with Gasteiger partial charge >= 0.3 is 29.8 Å². The number of carboxylic acids is 5. The van der Waals surface area contributed by atoms with Crippen molar-refractivity contribution in [1.29, 1.82) is 0 Å². The van der Waals surface area contributed by atoms with Crippen molar-refractivity contribution in [1.82, 2.24) is 0 Å². The van der Waals surface area contributed by atoms with E-state index in [2.05, 4.69) is 6.92 Å². The lowest BCUT2D eigenvalue weighted by atomic mass is 9.96. The van der Waals surface area contributed by atoms with E-state index in [1.54, 1.807) is 0 Å². The maximum atomic E-state index is 10.3. The first-order valence-electron chi connectivity index (χ1n) is 9.15. The minimum atomic E-state index is -2.74. The van der Waals surface area contributed by atoms with E-state index in [0.717, 1.165) is 32.1 Å². The molecule has 0 spiro atoms. The average molecular weight is 424 g/mol. The van der Waals surface area contributed by atoms with E-state index >= 15 is 0 Å². The zero-order valence-corrected chi connectivity index (χ0v) is 16.8. The molecule has 0 aromatic carbocycles. The summed E-state index contributed by atoms with van der Waals surface area (Å²) in [6.45, 7) is 4.09. The van der Waals surface area contributed by atoms with Crippen LogP contribution in [0.2, 0.25) is 0 Å². The summed E-state index contributed by atoms with van der Waals surface area (Å²) >= 11 is 0. The van der Waals surface area contributed by atoms with Crippen molar-refractivity contribution in [2.45, 2.75) is 83.7 Å². The van der Waals surface area contributed by atoms with Crippen molar-refractivity contribution in [2.75, 3.05) is 0 Å². The summed E-state index contributed by atoms with van der Waals surface area (Å²) in [5.74, 6) is -6.39. The van der Waals surface area contributed by atoms with Crippen molar-refractivity contribution >= 4 is 29.8 Å². The van der Waals surface area contributed by atoms with E-state index in [-0.39, 0.29) is 0 Å². The third-order valence-electron chi connectivity index (χ3n) is 3.27. The van der Waals surface area contributed by atoms with Gasteiger partial charge in [0.2, 0.25) is 0 Å². The molecular weight excluding hydrogens is 392 g/mol. The summed E-state index contributed by atoms with van der Waals surface area (Å²) in [6.07, 6.45) is 4.35. The summed E-state index contributed by atoms with van der Waals surface area (Å²) in [5, 5.41) is 50.1. The number of carbonyl (C=O) groups is 5. The highest BCUT2D eigenvalue weighted by atomic mass is 16.4. The van der Waals surface area contributed by atoms with Crippen molar-refractivity contribution in [3.05, 3.63) is 0 Å². The lowest BCUT2D eigenvalue weighted by Gasteiger charge is -2.18. The number of aliphatic carboxylic acids is 5. The van der Waals surface area contributed by atoms with E-state index < -0.39 is 48.3 Å². The van der Waals surface area contributed by atoms with Gasteiger partial charge in [-0.25, -0.2) is 4.79 Å². The van der Waals surface area contributed by atoms with Gasteiger partial charge in [-0.15, -0.1) is 0 Å². The molecule has 0 heterocycles. The maximum absolute atomic E-state index is 10.3. The molecule has 11 nitrogen and oxygen atoms in total. The summed E-state index contributed by atoms with van der Waals surface area (Å²) in [4.78, 5) is 50.2. The highest BCUT2D eigenvalue weighted by molar-refractivity contribution is 5.88. The maximum Gasteiger partial charge on any atom is 0.336 e. The monoisotopic (exact) mass is 424 g/mol. The minimum absolute atomic E-state index is 0.316. The Bertz CT molecular complexity index is 498. The topological polar surface area (TPSA) is 207 Å². The molecule has 0 aliphatic heterocycles. The Morgan fingerprint density at radius 1 is 0.586 bits per heavy atom. The Hall–Kier alpha value is -2.69. The largest absolute Gasteiger partial charge is 0.481 e. The zero-order chi connectivity index (χ0) is 23.5. The second-order valence-electron chi connectivity index (χ2n) is 6.18. The molecule has 0 bridgehead atoms. The molecule has 170 valence electrons. The van der Waals surface area contributed by atoms with Gasteiger partial charge in [-0.05, 0) is 12.8 Å². The van der Waals surface area contributed by atoms with Crippen LogP contribution in [0.25, 0.3) is 0 Å². The molecule has 0 saturated carbocycles. The number of unbranched alkanes of at least 4 members (excludes halogenated alkanes) is 4. The van der Waals surface area contributed by atoms with Gasteiger partial charge in [-0.1, -0.05) is 39.5 Å². The molecule has 0 aliphatic rings. The molecule has 0 aromatic heterocycles. The summed E-state index contributed by atoms with van der Waals surface area (Å²) in [5.41, 5.74) is -2.74. The average Bonchev–Trinajstić information content (AvgIpc) is 2.56. The second-order valence-corrected chi connectivity index (χ2v) is 6.18. The van der Waals surface area contributed by atoms with Crippen LogP contribution in [-0.4, -0.2) is 66.1 Å². The molecule has 0 fully saturated rings. The van der Waals surface area contributed by atoms with Gasteiger partial charge in [-0.3, -0.25) is 19.2 Å². The predicted octanol–water partition coefficient (Wildman–Crippen LogP) is 2.05. The lowest BCUT2D eigenvalue weighted by molar-refractivity contribution is -0.170. The Morgan fingerprint density at radius 2 is 0.966 bits per heavy atom. The van der Waals surface area contributed by atoms with Crippen LogP contribution in [-0.2, 0) is 24.0 Å². The molecule has 29 heavy (non-hydrogen) atoms. The van der Waals surface area contributed by atoms with Crippen molar-refractivity contribution in [2.24, 2.45) is 0 Å². The molecule has 0 unspecified atom stereocenters. The van der Waals surface area contributed by atoms with Gasteiger partial charge in [-0.2, -0.15) is 0 Å². The molecule has 0 atom stereocenters. The van der Waals surface area contributed by atoms with Crippen LogP contribution >= 0.6 is 0 Å². The first-order valence-corrected chi connectivity index (χ1v) is 9.15. The second kappa shape index (κ2) is 18.7. The van der Waals surface area contributed by atoms with Crippen LogP contribution in [0.4, 0.5) is 0 Å². The normalized spacial score (nSPS) is 9.90. The van der Waals surface area contributed by atoms with Crippen LogP contribution in [0.3, 0.4) is 0 Å². The van der Waals surface area contributed by atoms with Gasteiger partial charge in [0.05, 0.1) is 12.8 Å². The van der Waals surface area contributed by atoms with E-state index in [9.17, 15) is 24.0 Å². The smallest absolute Gasteiger partial charge is 0.336 e. The van der Waals surface area contributed by atoms with Crippen molar-refractivity contribution < 1.29 is 54.6 Å². The molecule has 0 radical (unpaired) electrons. The van der Waals surface area contributed by atoms with E-state index in [1.807, 2.05) is 6.92 Å². The Labute approximate surface area is 169 Å². The molecule has 0 saturated heterocycles. The van der Waals surface area contributed by atoms with Gasteiger partial charge in [0, 0.05) is 12.8 Å². The van der Waals surface area contributed by atoms with Crippen LogP contribution in [0.15, 0.2) is 0 Å². The summed E-state index contributed by atoms with van der Waals surface area (Å²) in [7, 11) is 0. The van der Waals surface area contributed by atoms with Crippen LogP contribution in [0.1, 0.15) is 78.1 Å². The van der Waals surface area contributed by atoms with E-state index in [4.69, 9.17) is 30.6 Å².